The molecule has 4 heteroatoms. The molecule has 4 nitrogen and oxygen atoms in total. The normalized spacial score (nSPS) is 13.7. The third kappa shape index (κ3) is 6.79. The van der Waals surface area contributed by atoms with Crippen LogP contribution < -0.4 is 9.80 Å². The van der Waals surface area contributed by atoms with Crippen molar-refractivity contribution in [3.8, 4) is 22.5 Å². The van der Waals surface area contributed by atoms with Crippen LogP contribution in [0.5, 0.6) is 0 Å². The van der Waals surface area contributed by atoms with Crippen molar-refractivity contribution in [3.05, 3.63) is 248 Å². The van der Waals surface area contributed by atoms with E-state index in [0.29, 0.717) is 5.92 Å². The summed E-state index contributed by atoms with van der Waals surface area (Å²) in [6.45, 7) is 2.28. The molecule has 65 heavy (non-hydrogen) atoms. The standard InChI is InChI=1S/C61H46N4/c1-43-25-31-49(32-26-43)63(53-38-40-61-57(42-53)55-22-12-14-24-59(55)65(61)48-19-9-4-10-20-48)51-35-29-45(30-36-51)44-27-33-50(34-28-44)62(46-15-5-2-6-16-46)52-37-39-60-56(41-52)54-21-11-13-23-58(54)64(60)47-17-7-3-8-18-47/h2-25,27-43H,26H2,1H3. The highest BCUT2D eigenvalue weighted by molar-refractivity contribution is 6.12. The van der Waals surface area contributed by atoms with E-state index >= 15 is 0 Å². The average molecular weight is 835 g/mol. The van der Waals surface area contributed by atoms with Crippen molar-refractivity contribution in [1.29, 1.82) is 0 Å². The number of rotatable bonds is 9. The van der Waals surface area contributed by atoms with Crippen molar-refractivity contribution in [2.24, 2.45) is 5.92 Å². The van der Waals surface area contributed by atoms with Gasteiger partial charge in [0, 0.05) is 67.1 Å². The van der Waals surface area contributed by atoms with Crippen LogP contribution >= 0.6 is 0 Å². The van der Waals surface area contributed by atoms with Gasteiger partial charge in [-0.15, -0.1) is 0 Å². The molecule has 0 saturated carbocycles. The molecular weight excluding hydrogens is 789 g/mol. The summed E-state index contributed by atoms with van der Waals surface area (Å²) in [5.41, 5.74) is 16.2. The van der Waals surface area contributed by atoms with E-state index in [1.807, 2.05) is 0 Å². The molecule has 0 N–H and O–H groups in total. The highest BCUT2D eigenvalue weighted by Gasteiger charge is 2.21. The molecule has 12 rings (SSSR count). The molecular formula is C61H46N4. The van der Waals surface area contributed by atoms with E-state index in [1.165, 1.54) is 60.4 Å². The monoisotopic (exact) mass is 834 g/mol. The summed E-state index contributed by atoms with van der Waals surface area (Å²) in [6.07, 6.45) is 8.01. The molecule has 1 aliphatic carbocycles. The van der Waals surface area contributed by atoms with E-state index in [4.69, 9.17) is 0 Å². The molecule has 0 aliphatic heterocycles. The van der Waals surface area contributed by atoms with Gasteiger partial charge >= 0.3 is 0 Å². The van der Waals surface area contributed by atoms with Crippen molar-refractivity contribution in [2.45, 2.75) is 13.3 Å². The quantitative estimate of drug-likeness (QED) is 0.144. The number of allylic oxidation sites excluding steroid dienone is 3. The molecule has 0 bridgehead atoms. The molecule has 1 aliphatic rings. The van der Waals surface area contributed by atoms with Crippen LogP contribution in [0.3, 0.4) is 0 Å². The Morgan fingerprint density at radius 2 is 0.769 bits per heavy atom. The lowest BCUT2D eigenvalue weighted by atomic mass is 9.99. The fourth-order valence-corrected chi connectivity index (χ4v) is 9.87. The number of hydrogen-bond donors (Lipinski definition) is 0. The van der Waals surface area contributed by atoms with Gasteiger partial charge in [-0.25, -0.2) is 0 Å². The van der Waals surface area contributed by atoms with E-state index in [2.05, 4.69) is 269 Å². The minimum Gasteiger partial charge on any atom is -0.311 e. The number of nitrogens with zero attached hydrogens (tertiary/aromatic N) is 4. The first-order valence-corrected chi connectivity index (χ1v) is 22.6. The van der Waals surface area contributed by atoms with Gasteiger partial charge in [-0.05, 0) is 139 Å². The van der Waals surface area contributed by atoms with Crippen LogP contribution in [0.1, 0.15) is 13.3 Å². The van der Waals surface area contributed by atoms with Gasteiger partial charge in [0.05, 0.1) is 22.1 Å². The van der Waals surface area contributed by atoms with Crippen molar-refractivity contribution in [3.63, 3.8) is 0 Å². The molecule has 0 amide bonds. The molecule has 11 aromatic rings. The minimum atomic E-state index is 0.513. The van der Waals surface area contributed by atoms with Crippen LogP contribution in [0.15, 0.2) is 248 Å². The van der Waals surface area contributed by atoms with Crippen LogP contribution in [0.4, 0.5) is 28.4 Å². The van der Waals surface area contributed by atoms with Crippen LogP contribution in [0.25, 0.3) is 66.1 Å². The molecule has 0 fully saturated rings. The predicted molar refractivity (Wildman–Crippen MR) is 275 cm³/mol. The minimum absolute atomic E-state index is 0.513. The van der Waals surface area contributed by atoms with Gasteiger partial charge in [0.1, 0.15) is 0 Å². The number of hydrogen-bond acceptors (Lipinski definition) is 2. The molecule has 0 radical (unpaired) electrons. The zero-order valence-corrected chi connectivity index (χ0v) is 36.2. The van der Waals surface area contributed by atoms with E-state index in [1.54, 1.807) is 0 Å². The maximum absolute atomic E-state index is 2.41. The Labute approximate surface area is 379 Å². The van der Waals surface area contributed by atoms with E-state index in [0.717, 1.165) is 46.2 Å². The van der Waals surface area contributed by atoms with Gasteiger partial charge in [-0.3, -0.25) is 0 Å². The zero-order chi connectivity index (χ0) is 43.3. The highest BCUT2D eigenvalue weighted by atomic mass is 15.2. The average Bonchev–Trinajstić information content (AvgIpc) is 3.88. The van der Waals surface area contributed by atoms with Gasteiger partial charge in [-0.1, -0.05) is 134 Å². The third-order valence-electron chi connectivity index (χ3n) is 13.0. The van der Waals surface area contributed by atoms with Crippen molar-refractivity contribution in [1.82, 2.24) is 9.13 Å². The van der Waals surface area contributed by atoms with Crippen molar-refractivity contribution < 1.29 is 0 Å². The number of aromatic nitrogens is 2. The topological polar surface area (TPSA) is 16.3 Å². The highest BCUT2D eigenvalue weighted by Crippen LogP contribution is 2.42. The summed E-state index contributed by atoms with van der Waals surface area (Å²) in [4.78, 5) is 4.77. The van der Waals surface area contributed by atoms with Crippen LogP contribution in [-0.4, -0.2) is 9.13 Å². The fourth-order valence-electron chi connectivity index (χ4n) is 9.87. The van der Waals surface area contributed by atoms with Crippen molar-refractivity contribution >= 4 is 72.0 Å². The van der Waals surface area contributed by atoms with Gasteiger partial charge < -0.3 is 18.9 Å². The van der Waals surface area contributed by atoms with E-state index < -0.39 is 0 Å². The summed E-state index contributed by atoms with van der Waals surface area (Å²) in [5, 5.41) is 4.94. The predicted octanol–water partition coefficient (Wildman–Crippen LogP) is 16.6. The van der Waals surface area contributed by atoms with Gasteiger partial charge in [0.25, 0.3) is 0 Å². The first kappa shape index (κ1) is 38.3. The lowest BCUT2D eigenvalue weighted by Crippen LogP contribution is -2.17. The Kier molecular flexibility index (Phi) is 9.49. The Bertz CT molecular complexity index is 3560. The Morgan fingerprint density at radius 1 is 0.369 bits per heavy atom. The second kappa shape index (κ2) is 16.1. The Hall–Kier alpha value is -8.34. The van der Waals surface area contributed by atoms with E-state index in [9.17, 15) is 0 Å². The van der Waals surface area contributed by atoms with Crippen LogP contribution in [0.2, 0.25) is 0 Å². The second-order valence-corrected chi connectivity index (χ2v) is 17.1. The first-order chi connectivity index (χ1) is 32.2. The van der Waals surface area contributed by atoms with Crippen LogP contribution in [-0.2, 0) is 0 Å². The Morgan fingerprint density at radius 3 is 1.26 bits per heavy atom. The molecule has 1 unspecified atom stereocenters. The first-order valence-electron chi connectivity index (χ1n) is 22.6. The SMILES string of the molecule is CC1C=CC(N(c2ccc(-c3ccc(N(c4ccccc4)c4ccc5c(c4)c4ccccc4n5-c4ccccc4)cc3)cc2)c2ccc3c(c2)c2ccccc2n3-c2ccccc2)=CC1. The maximum atomic E-state index is 2.41. The smallest absolute Gasteiger partial charge is 0.0542 e. The van der Waals surface area contributed by atoms with Crippen molar-refractivity contribution in [2.75, 3.05) is 9.80 Å². The number of benzene rings is 9. The summed E-state index contributed by atoms with van der Waals surface area (Å²) < 4.78 is 4.75. The fraction of sp³-hybridized carbons (Fsp3) is 0.0492. The number of anilines is 5. The molecule has 310 valence electrons. The largest absolute Gasteiger partial charge is 0.311 e. The number of fused-ring (bicyclic) bond motifs is 6. The molecule has 0 spiro atoms. The molecule has 9 aromatic carbocycles. The molecule has 1 atom stereocenters. The molecule has 0 saturated heterocycles. The third-order valence-corrected chi connectivity index (χ3v) is 13.0. The summed E-state index contributed by atoms with van der Waals surface area (Å²) in [7, 11) is 0. The van der Waals surface area contributed by atoms with Crippen LogP contribution in [0, 0.1) is 5.92 Å². The summed E-state index contributed by atoms with van der Waals surface area (Å²) in [5.74, 6) is 0.513. The van der Waals surface area contributed by atoms with Gasteiger partial charge in [0.15, 0.2) is 0 Å². The van der Waals surface area contributed by atoms with E-state index in [-0.39, 0.29) is 0 Å². The second-order valence-electron chi connectivity index (χ2n) is 17.1. The molecule has 2 aromatic heterocycles. The zero-order valence-electron chi connectivity index (χ0n) is 36.2. The maximum Gasteiger partial charge on any atom is 0.0542 e. The van der Waals surface area contributed by atoms with Gasteiger partial charge in [0.2, 0.25) is 0 Å². The summed E-state index contributed by atoms with van der Waals surface area (Å²) in [6, 6.07) is 81.3. The lowest BCUT2D eigenvalue weighted by molar-refractivity contribution is 0.728. The Balaban J connectivity index is 0.902. The molecule has 2 heterocycles. The lowest BCUT2D eigenvalue weighted by Gasteiger charge is -2.29. The number of para-hydroxylation sites is 5. The van der Waals surface area contributed by atoms with Gasteiger partial charge in [-0.2, -0.15) is 0 Å². The summed E-state index contributed by atoms with van der Waals surface area (Å²) >= 11 is 0.